The minimum absolute atomic E-state index is 0.150. The number of aromatic nitrogens is 2. The molecule has 1 aliphatic rings. The Morgan fingerprint density at radius 1 is 1.45 bits per heavy atom. The molecule has 2 rings (SSSR count). The summed E-state index contributed by atoms with van der Waals surface area (Å²) in [5.41, 5.74) is 2.06. The van der Waals surface area contributed by atoms with E-state index in [1.807, 2.05) is 6.92 Å². The summed E-state index contributed by atoms with van der Waals surface area (Å²) in [4.78, 5) is 27.4. The molecule has 0 amide bonds. The summed E-state index contributed by atoms with van der Waals surface area (Å²) in [5, 5.41) is 9.08. The van der Waals surface area contributed by atoms with Crippen LogP contribution in [-0.2, 0) is 16.8 Å². The second kappa shape index (κ2) is 5.04. The molecule has 0 bridgehead atoms. The molecule has 5 heteroatoms. The first-order valence-corrected chi connectivity index (χ1v) is 7.08. The number of hydrogen-bond donors (Lipinski definition) is 1. The standard InChI is InChI=1S/C15H22N2O3/c1-9(13(18)19)8-12-10(2)16-14(20)17(11(12)3)15(4)6-5-7-15/h9H,5-8H2,1-4H3,(H,18,19). The quantitative estimate of drug-likeness (QED) is 0.914. The molecule has 1 saturated carbocycles. The zero-order chi connectivity index (χ0) is 15.1. The zero-order valence-electron chi connectivity index (χ0n) is 12.6. The molecule has 1 N–H and O–H groups in total. The topological polar surface area (TPSA) is 72.2 Å². The van der Waals surface area contributed by atoms with Crippen LogP contribution >= 0.6 is 0 Å². The fraction of sp³-hybridized carbons (Fsp3) is 0.667. The monoisotopic (exact) mass is 278 g/mol. The number of carboxylic acid groups (broad SMARTS) is 1. The average Bonchev–Trinajstić information content (AvgIpc) is 2.31. The molecular weight excluding hydrogens is 256 g/mol. The normalized spacial score (nSPS) is 18.4. The molecule has 110 valence electrons. The van der Waals surface area contributed by atoms with Crippen LogP contribution in [0.25, 0.3) is 0 Å². The highest BCUT2D eigenvalue weighted by Gasteiger charge is 2.36. The molecule has 20 heavy (non-hydrogen) atoms. The van der Waals surface area contributed by atoms with E-state index < -0.39 is 11.9 Å². The Morgan fingerprint density at radius 3 is 2.50 bits per heavy atom. The van der Waals surface area contributed by atoms with Gasteiger partial charge in [-0.15, -0.1) is 0 Å². The van der Waals surface area contributed by atoms with E-state index in [0.717, 1.165) is 30.5 Å². The highest BCUT2D eigenvalue weighted by atomic mass is 16.4. The molecule has 1 fully saturated rings. The Kier molecular flexibility index (Phi) is 3.71. The van der Waals surface area contributed by atoms with Crippen molar-refractivity contribution in [3.8, 4) is 0 Å². The van der Waals surface area contributed by atoms with Crippen molar-refractivity contribution in [1.29, 1.82) is 0 Å². The second-order valence-corrected chi connectivity index (χ2v) is 6.17. The lowest BCUT2D eigenvalue weighted by Crippen LogP contribution is -2.46. The Balaban J connectivity index is 2.50. The van der Waals surface area contributed by atoms with Crippen LogP contribution in [0.1, 0.15) is 50.1 Å². The summed E-state index contributed by atoms with van der Waals surface area (Å²) in [6, 6.07) is 0. The van der Waals surface area contributed by atoms with Crippen LogP contribution in [0.2, 0.25) is 0 Å². The Hall–Kier alpha value is -1.65. The van der Waals surface area contributed by atoms with Crippen molar-refractivity contribution in [1.82, 2.24) is 9.55 Å². The van der Waals surface area contributed by atoms with Gasteiger partial charge in [0.2, 0.25) is 0 Å². The molecule has 0 saturated heterocycles. The van der Waals surface area contributed by atoms with Crippen LogP contribution in [-0.4, -0.2) is 20.6 Å². The van der Waals surface area contributed by atoms with Gasteiger partial charge in [-0.25, -0.2) is 4.79 Å². The molecule has 0 spiro atoms. The minimum atomic E-state index is -0.823. The molecule has 0 aromatic carbocycles. The van der Waals surface area contributed by atoms with Crippen LogP contribution in [0, 0.1) is 19.8 Å². The molecule has 1 aromatic rings. The van der Waals surface area contributed by atoms with Crippen molar-refractivity contribution in [2.45, 2.75) is 58.9 Å². The number of carbonyl (C=O) groups is 1. The largest absolute Gasteiger partial charge is 0.481 e. The smallest absolute Gasteiger partial charge is 0.348 e. The first-order valence-electron chi connectivity index (χ1n) is 7.08. The molecular formula is C15H22N2O3. The highest BCUT2D eigenvalue weighted by Crippen LogP contribution is 2.38. The van der Waals surface area contributed by atoms with Gasteiger partial charge >= 0.3 is 11.7 Å². The van der Waals surface area contributed by atoms with Gasteiger partial charge < -0.3 is 5.11 Å². The van der Waals surface area contributed by atoms with Gasteiger partial charge in [-0.05, 0) is 52.0 Å². The third-order valence-electron chi connectivity index (χ3n) is 4.57. The Labute approximate surface area is 118 Å². The van der Waals surface area contributed by atoms with Crippen LogP contribution in [0.4, 0.5) is 0 Å². The molecule has 1 aliphatic carbocycles. The van der Waals surface area contributed by atoms with Crippen molar-refractivity contribution in [3.63, 3.8) is 0 Å². The molecule has 0 aliphatic heterocycles. The van der Waals surface area contributed by atoms with E-state index in [4.69, 9.17) is 5.11 Å². The number of aryl methyl sites for hydroxylation is 1. The molecule has 1 atom stereocenters. The maximum absolute atomic E-state index is 12.2. The average molecular weight is 278 g/mol. The summed E-state index contributed by atoms with van der Waals surface area (Å²) < 4.78 is 1.77. The third kappa shape index (κ3) is 2.37. The third-order valence-corrected chi connectivity index (χ3v) is 4.57. The van der Waals surface area contributed by atoms with E-state index in [1.54, 1.807) is 18.4 Å². The molecule has 5 nitrogen and oxygen atoms in total. The van der Waals surface area contributed by atoms with Crippen LogP contribution in [0.5, 0.6) is 0 Å². The molecule has 1 aromatic heterocycles. The van der Waals surface area contributed by atoms with Crippen LogP contribution < -0.4 is 5.69 Å². The van der Waals surface area contributed by atoms with Gasteiger partial charge in [-0.1, -0.05) is 6.92 Å². The van der Waals surface area contributed by atoms with Crippen molar-refractivity contribution in [2.75, 3.05) is 0 Å². The maximum Gasteiger partial charge on any atom is 0.348 e. The summed E-state index contributed by atoms with van der Waals surface area (Å²) in [6.45, 7) is 7.45. The first kappa shape index (κ1) is 14.8. The number of rotatable bonds is 4. The maximum atomic E-state index is 12.2. The predicted molar refractivity (Wildman–Crippen MR) is 76.0 cm³/mol. The van der Waals surface area contributed by atoms with E-state index in [-0.39, 0.29) is 11.2 Å². The van der Waals surface area contributed by atoms with E-state index in [1.165, 1.54) is 0 Å². The lowest BCUT2D eigenvalue weighted by molar-refractivity contribution is -0.141. The van der Waals surface area contributed by atoms with E-state index in [2.05, 4.69) is 11.9 Å². The molecule has 1 heterocycles. The highest BCUT2D eigenvalue weighted by molar-refractivity contribution is 5.70. The summed E-state index contributed by atoms with van der Waals surface area (Å²) >= 11 is 0. The van der Waals surface area contributed by atoms with Crippen molar-refractivity contribution < 1.29 is 9.90 Å². The van der Waals surface area contributed by atoms with Crippen LogP contribution in [0.3, 0.4) is 0 Å². The van der Waals surface area contributed by atoms with Gasteiger partial charge in [0, 0.05) is 16.9 Å². The second-order valence-electron chi connectivity index (χ2n) is 6.17. The molecule has 1 unspecified atom stereocenters. The number of carboxylic acids is 1. The SMILES string of the molecule is Cc1nc(=O)n(C2(C)CCC2)c(C)c1CC(C)C(=O)O. The van der Waals surface area contributed by atoms with Crippen molar-refractivity contribution in [3.05, 3.63) is 27.4 Å². The van der Waals surface area contributed by atoms with Gasteiger partial charge in [0.25, 0.3) is 0 Å². The van der Waals surface area contributed by atoms with E-state index in [0.29, 0.717) is 12.1 Å². The zero-order valence-corrected chi connectivity index (χ0v) is 12.6. The van der Waals surface area contributed by atoms with Crippen LogP contribution in [0.15, 0.2) is 4.79 Å². The number of aliphatic carboxylic acids is 1. The predicted octanol–water partition coefficient (Wildman–Crippen LogP) is 2.02. The minimum Gasteiger partial charge on any atom is -0.481 e. The fourth-order valence-electron chi connectivity index (χ4n) is 3.04. The van der Waals surface area contributed by atoms with Gasteiger partial charge in [-0.3, -0.25) is 9.36 Å². The lowest BCUT2D eigenvalue weighted by Gasteiger charge is -2.41. The van der Waals surface area contributed by atoms with Crippen molar-refractivity contribution >= 4 is 5.97 Å². The number of nitrogens with zero attached hydrogens (tertiary/aromatic N) is 2. The van der Waals surface area contributed by atoms with Gasteiger partial charge in [0.15, 0.2) is 0 Å². The summed E-state index contributed by atoms with van der Waals surface area (Å²) in [7, 11) is 0. The summed E-state index contributed by atoms with van der Waals surface area (Å²) in [5.74, 6) is -1.30. The Bertz CT molecular complexity index is 600. The lowest BCUT2D eigenvalue weighted by atomic mass is 9.77. The number of hydrogen-bond acceptors (Lipinski definition) is 3. The fourth-order valence-corrected chi connectivity index (χ4v) is 3.04. The Morgan fingerprint density at radius 2 is 2.05 bits per heavy atom. The van der Waals surface area contributed by atoms with Gasteiger partial charge in [-0.2, -0.15) is 4.98 Å². The van der Waals surface area contributed by atoms with E-state index >= 15 is 0 Å². The summed E-state index contributed by atoms with van der Waals surface area (Å²) in [6.07, 6.45) is 3.49. The first-order chi connectivity index (χ1) is 9.26. The van der Waals surface area contributed by atoms with Crippen molar-refractivity contribution in [2.24, 2.45) is 5.92 Å². The molecule has 0 radical (unpaired) electrons. The van der Waals surface area contributed by atoms with Gasteiger partial charge in [0.1, 0.15) is 0 Å². The van der Waals surface area contributed by atoms with E-state index in [9.17, 15) is 9.59 Å². The van der Waals surface area contributed by atoms with Gasteiger partial charge in [0.05, 0.1) is 5.92 Å².